The van der Waals surface area contributed by atoms with Crippen molar-refractivity contribution >= 4 is 11.7 Å². The molecule has 140 valence electrons. The number of aromatic nitrogens is 1. The number of rotatable bonds is 6. The number of nitrogens with zero attached hydrogens (tertiary/aromatic N) is 2. The molecule has 1 aromatic heterocycles. The fourth-order valence-electron chi connectivity index (χ4n) is 3.56. The molecule has 2 aromatic rings. The number of hydrogen-bond acceptors (Lipinski definition) is 4. The number of benzene rings is 1. The maximum atomic E-state index is 12.4. The van der Waals surface area contributed by atoms with Crippen LogP contribution in [0, 0.1) is 5.92 Å². The smallest absolute Gasteiger partial charge is 0.248 e. The summed E-state index contributed by atoms with van der Waals surface area (Å²) in [5.41, 5.74) is 4.07. The largest absolute Gasteiger partial charge is 0.370 e. The summed E-state index contributed by atoms with van der Waals surface area (Å²) in [6.45, 7) is 2.05. The van der Waals surface area contributed by atoms with Crippen LogP contribution in [0.2, 0.25) is 0 Å². The summed E-state index contributed by atoms with van der Waals surface area (Å²) in [5, 5.41) is 0. The van der Waals surface area contributed by atoms with Gasteiger partial charge in [-0.25, -0.2) is 0 Å². The summed E-state index contributed by atoms with van der Waals surface area (Å²) in [4.78, 5) is 30.3. The van der Waals surface area contributed by atoms with E-state index < -0.39 is 0 Å². The second kappa shape index (κ2) is 8.01. The second-order valence-corrected chi connectivity index (χ2v) is 7.44. The van der Waals surface area contributed by atoms with Crippen molar-refractivity contribution in [3.05, 3.63) is 65.0 Å². The average molecular weight is 364 g/mol. The molecule has 0 spiro atoms. The molecule has 2 fully saturated rings. The molecule has 2 aliphatic rings. The van der Waals surface area contributed by atoms with Crippen LogP contribution in [0.3, 0.4) is 0 Å². The third kappa shape index (κ3) is 4.25. The summed E-state index contributed by atoms with van der Waals surface area (Å²) in [6.07, 6.45) is 7.44. The molecule has 1 saturated heterocycles. The van der Waals surface area contributed by atoms with E-state index >= 15 is 0 Å². The molecule has 5 nitrogen and oxygen atoms in total. The second-order valence-electron chi connectivity index (χ2n) is 7.44. The monoisotopic (exact) mass is 364 g/mol. The van der Waals surface area contributed by atoms with Gasteiger partial charge in [0, 0.05) is 37.0 Å². The Bertz CT molecular complexity index is 828. The molecule has 0 atom stereocenters. The minimum Gasteiger partial charge on any atom is -0.370 e. The van der Waals surface area contributed by atoms with Crippen molar-refractivity contribution in [1.82, 2.24) is 9.88 Å². The van der Waals surface area contributed by atoms with Gasteiger partial charge < -0.3 is 9.64 Å². The Labute approximate surface area is 159 Å². The van der Waals surface area contributed by atoms with Crippen LogP contribution in [0.5, 0.6) is 0 Å². The standard InChI is InChI=1S/C22H24N2O3/c25-21-15-27-9-8-24(21)14-17-6-4-16(5-7-17)10-18-11-20(13-23-12-18)22(26)19-2-1-3-19/h4-7,11-13,19H,1-3,8-10,14-15H2. The normalized spacial score (nSPS) is 17.6. The molecule has 1 amide bonds. The van der Waals surface area contributed by atoms with Gasteiger partial charge in [0.15, 0.2) is 5.78 Å². The lowest BCUT2D eigenvalue weighted by atomic mass is 9.80. The van der Waals surface area contributed by atoms with Crippen molar-refractivity contribution in [3.63, 3.8) is 0 Å². The molecular weight excluding hydrogens is 340 g/mol. The molecular formula is C22H24N2O3. The van der Waals surface area contributed by atoms with E-state index in [4.69, 9.17) is 4.74 Å². The van der Waals surface area contributed by atoms with Crippen LogP contribution in [0.4, 0.5) is 0 Å². The van der Waals surface area contributed by atoms with Crippen molar-refractivity contribution in [2.24, 2.45) is 5.92 Å². The van der Waals surface area contributed by atoms with Crippen LogP contribution in [-0.4, -0.2) is 41.3 Å². The van der Waals surface area contributed by atoms with Crippen LogP contribution in [0.15, 0.2) is 42.7 Å². The maximum Gasteiger partial charge on any atom is 0.248 e. The highest BCUT2D eigenvalue weighted by Gasteiger charge is 2.26. The van der Waals surface area contributed by atoms with Crippen molar-refractivity contribution in [2.75, 3.05) is 19.8 Å². The highest BCUT2D eigenvalue weighted by atomic mass is 16.5. The highest BCUT2D eigenvalue weighted by molar-refractivity contribution is 5.98. The zero-order valence-corrected chi connectivity index (χ0v) is 15.4. The van der Waals surface area contributed by atoms with Crippen molar-refractivity contribution < 1.29 is 14.3 Å². The molecule has 1 aromatic carbocycles. The molecule has 0 radical (unpaired) electrons. The number of morpholine rings is 1. The maximum absolute atomic E-state index is 12.4. The first kappa shape index (κ1) is 17.9. The quantitative estimate of drug-likeness (QED) is 0.740. The number of ether oxygens (including phenoxy) is 1. The number of carbonyl (C=O) groups is 2. The fraction of sp³-hybridized carbons (Fsp3) is 0.409. The lowest BCUT2D eigenvalue weighted by molar-refractivity contribution is -0.143. The Hall–Kier alpha value is -2.53. The lowest BCUT2D eigenvalue weighted by Gasteiger charge is -2.26. The Morgan fingerprint density at radius 1 is 1.11 bits per heavy atom. The molecule has 0 bridgehead atoms. The van der Waals surface area contributed by atoms with Crippen molar-refractivity contribution in [1.29, 1.82) is 0 Å². The minimum atomic E-state index is 0.0457. The van der Waals surface area contributed by atoms with Crippen LogP contribution in [0.25, 0.3) is 0 Å². The highest BCUT2D eigenvalue weighted by Crippen LogP contribution is 2.29. The SMILES string of the molecule is O=C(c1cncc(Cc2ccc(CN3CCOCC3=O)cc2)c1)C1CCC1. The van der Waals surface area contributed by atoms with Crippen molar-refractivity contribution in [3.8, 4) is 0 Å². The third-order valence-electron chi connectivity index (χ3n) is 5.44. The van der Waals surface area contributed by atoms with Crippen LogP contribution < -0.4 is 0 Å². The predicted octanol–water partition coefficient (Wildman–Crippen LogP) is 3.01. The van der Waals surface area contributed by atoms with E-state index in [1.807, 2.05) is 17.2 Å². The molecule has 1 aliphatic carbocycles. The number of ketones is 1. The van der Waals surface area contributed by atoms with E-state index in [0.717, 1.165) is 42.4 Å². The molecule has 27 heavy (non-hydrogen) atoms. The molecule has 1 saturated carbocycles. The van der Waals surface area contributed by atoms with E-state index in [0.29, 0.717) is 19.7 Å². The van der Waals surface area contributed by atoms with E-state index in [1.54, 1.807) is 6.20 Å². The first-order valence-electron chi connectivity index (χ1n) is 9.60. The molecule has 5 heteroatoms. The first-order valence-corrected chi connectivity index (χ1v) is 9.60. The first-order chi connectivity index (χ1) is 13.2. The Morgan fingerprint density at radius 3 is 2.59 bits per heavy atom. The van der Waals surface area contributed by atoms with Gasteiger partial charge in [0.05, 0.1) is 6.61 Å². The topological polar surface area (TPSA) is 59.5 Å². The number of amides is 1. The van der Waals surface area contributed by atoms with Crippen LogP contribution in [-0.2, 0) is 22.5 Å². The van der Waals surface area contributed by atoms with Gasteiger partial charge in [0.2, 0.25) is 5.91 Å². The molecule has 0 unspecified atom stereocenters. The van der Waals surface area contributed by atoms with Gasteiger partial charge in [-0.15, -0.1) is 0 Å². The van der Waals surface area contributed by atoms with Gasteiger partial charge >= 0.3 is 0 Å². The Morgan fingerprint density at radius 2 is 1.89 bits per heavy atom. The lowest BCUT2D eigenvalue weighted by Crippen LogP contribution is -2.40. The summed E-state index contributed by atoms with van der Waals surface area (Å²) in [7, 11) is 0. The molecule has 1 aliphatic heterocycles. The zero-order chi connectivity index (χ0) is 18.6. The Balaban J connectivity index is 1.39. The van der Waals surface area contributed by atoms with Crippen LogP contribution >= 0.6 is 0 Å². The summed E-state index contributed by atoms with van der Waals surface area (Å²) in [6, 6.07) is 10.3. The van der Waals surface area contributed by atoms with Gasteiger partial charge in [-0.3, -0.25) is 14.6 Å². The van der Waals surface area contributed by atoms with Gasteiger partial charge in [0.25, 0.3) is 0 Å². The van der Waals surface area contributed by atoms with Gasteiger partial charge in [-0.2, -0.15) is 0 Å². The van der Waals surface area contributed by atoms with E-state index in [9.17, 15) is 9.59 Å². The fourth-order valence-corrected chi connectivity index (χ4v) is 3.56. The van der Waals surface area contributed by atoms with E-state index in [2.05, 4.69) is 29.2 Å². The molecule has 4 rings (SSSR count). The number of hydrogen-bond donors (Lipinski definition) is 0. The van der Waals surface area contributed by atoms with Gasteiger partial charge in [-0.1, -0.05) is 30.7 Å². The number of carbonyl (C=O) groups excluding carboxylic acids is 2. The van der Waals surface area contributed by atoms with Crippen molar-refractivity contribution in [2.45, 2.75) is 32.2 Å². The minimum absolute atomic E-state index is 0.0457. The van der Waals surface area contributed by atoms with E-state index in [-0.39, 0.29) is 24.2 Å². The van der Waals surface area contributed by atoms with Crippen LogP contribution in [0.1, 0.15) is 46.3 Å². The zero-order valence-electron chi connectivity index (χ0n) is 15.4. The Kier molecular flexibility index (Phi) is 5.30. The molecule has 0 N–H and O–H groups in total. The summed E-state index contributed by atoms with van der Waals surface area (Å²) in [5.74, 6) is 0.481. The number of pyridine rings is 1. The van der Waals surface area contributed by atoms with Gasteiger partial charge in [0.1, 0.15) is 6.61 Å². The van der Waals surface area contributed by atoms with Gasteiger partial charge in [-0.05, 0) is 42.0 Å². The summed E-state index contributed by atoms with van der Waals surface area (Å²) < 4.78 is 5.17. The average Bonchev–Trinajstić information content (AvgIpc) is 2.64. The summed E-state index contributed by atoms with van der Waals surface area (Å²) >= 11 is 0. The molecule has 2 heterocycles. The van der Waals surface area contributed by atoms with E-state index in [1.165, 1.54) is 5.56 Å². The third-order valence-corrected chi connectivity index (χ3v) is 5.44. The number of Topliss-reactive ketones (excluding diaryl/α,β-unsaturated/α-hetero) is 1. The predicted molar refractivity (Wildman–Crippen MR) is 101 cm³/mol.